The number of sulfonamides is 4. The molecule has 5 aliphatic rings. The first-order chi connectivity index (χ1) is 42.9. The number of nitrogens with zero attached hydrogens (tertiary/aromatic N) is 4. The van der Waals surface area contributed by atoms with Crippen LogP contribution < -0.4 is 36.2 Å². The van der Waals surface area contributed by atoms with Gasteiger partial charge in [-0.05, 0) is 125 Å². The molecule has 0 unspecified atom stereocenters. The maximum Gasteiger partial charge on any atom is 0.264 e. The average molecular weight is 1300 g/mol. The maximum atomic E-state index is 14.9. The second-order valence-electron chi connectivity index (χ2n) is 22.8. The Morgan fingerprint density at radius 1 is 0.267 bits per heavy atom. The van der Waals surface area contributed by atoms with Gasteiger partial charge >= 0.3 is 0 Å². The van der Waals surface area contributed by atoms with Crippen molar-refractivity contribution in [3.8, 4) is 23.0 Å². The van der Waals surface area contributed by atoms with E-state index in [1.54, 1.807) is 146 Å². The van der Waals surface area contributed by atoms with Crippen molar-refractivity contribution in [2.24, 2.45) is 0 Å². The Morgan fingerprint density at radius 3 is 0.600 bits per heavy atom. The van der Waals surface area contributed by atoms with Gasteiger partial charge in [0.2, 0.25) is 0 Å². The van der Waals surface area contributed by atoms with Crippen LogP contribution in [0, 0.1) is 27.7 Å². The highest BCUT2D eigenvalue weighted by molar-refractivity contribution is 7.93. The molecule has 0 amide bonds. The van der Waals surface area contributed by atoms with Crippen molar-refractivity contribution in [2.75, 3.05) is 98.3 Å². The van der Waals surface area contributed by atoms with Crippen molar-refractivity contribution in [3.63, 3.8) is 0 Å². The Kier molecular flexibility index (Phi) is 18.1. The number of ether oxygens (including phenoxy) is 6. The number of benzene rings is 8. The first-order valence-corrected chi connectivity index (χ1v) is 35.2. The van der Waals surface area contributed by atoms with E-state index in [-0.39, 0.29) is 121 Å². The number of aryl methyl sites for hydroxylation is 4. The zero-order valence-corrected chi connectivity index (χ0v) is 54.7. The van der Waals surface area contributed by atoms with E-state index < -0.39 is 40.1 Å². The largest absolute Gasteiger partial charge is 0.491 e. The van der Waals surface area contributed by atoms with Crippen molar-refractivity contribution >= 4 is 62.8 Å². The van der Waals surface area contributed by atoms with Gasteiger partial charge in [0, 0.05) is 98.4 Å². The fraction of sp³-hybridized carbons (Fsp3) is 0.294. The van der Waals surface area contributed by atoms with Crippen LogP contribution in [0.3, 0.4) is 0 Å². The van der Waals surface area contributed by atoms with Crippen LogP contribution in [0.2, 0.25) is 0 Å². The lowest BCUT2D eigenvalue weighted by atomic mass is 9.90. The highest BCUT2D eigenvalue weighted by atomic mass is 32.2. The summed E-state index contributed by atoms with van der Waals surface area (Å²) in [5, 5.41) is 0. The molecule has 12 bridgehead atoms. The molecule has 0 fully saturated rings. The molecule has 0 N–H and O–H groups in total. The summed E-state index contributed by atoms with van der Waals surface area (Å²) >= 11 is 0. The summed E-state index contributed by atoms with van der Waals surface area (Å²) < 4.78 is 164. The lowest BCUT2D eigenvalue weighted by Gasteiger charge is -2.29. The molecule has 8 aromatic rings. The molecule has 18 nitrogen and oxygen atoms in total. The van der Waals surface area contributed by atoms with E-state index in [1.165, 1.54) is 45.4 Å². The third kappa shape index (κ3) is 13.0. The van der Waals surface area contributed by atoms with E-state index in [2.05, 4.69) is 0 Å². The highest BCUT2D eigenvalue weighted by Crippen LogP contribution is 2.45. The van der Waals surface area contributed by atoms with Crippen LogP contribution in [0.4, 0.5) is 22.7 Å². The Morgan fingerprint density at radius 2 is 0.433 bits per heavy atom. The fourth-order valence-corrected chi connectivity index (χ4v) is 16.0. The topological polar surface area (TPSA) is 205 Å². The monoisotopic (exact) mass is 1300 g/mol. The molecule has 4 heterocycles. The van der Waals surface area contributed by atoms with Crippen LogP contribution in [-0.2, 0) is 75.3 Å². The smallest absolute Gasteiger partial charge is 0.264 e. The van der Waals surface area contributed by atoms with Gasteiger partial charge in [-0.1, -0.05) is 70.8 Å². The molecule has 90 heavy (non-hydrogen) atoms. The number of hydrogen-bond donors (Lipinski definition) is 0. The summed E-state index contributed by atoms with van der Waals surface area (Å²) in [5.74, 6) is 1.39. The zero-order chi connectivity index (χ0) is 63.9. The Balaban J connectivity index is 1.25. The molecule has 0 radical (unpaired) electrons. The van der Waals surface area contributed by atoms with E-state index in [0.29, 0.717) is 67.5 Å². The number of rotatable bonds is 12. The van der Waals surface area contributed by atoms with E-state index in [1.807, 2.05) is 27.7 Å². The normalized spacial score (nSPS) is 14.8. The van der Waals surface area contributed by atoms with Crippen molar-refractivity contribution in [2.45, 2.75) is 73.0 Å². The molecule has 8 aromatic carbocycles. The molecule has 0 saturated carbocycles. The van der Waals surface area contributed by atoms with Crippen LogP contribution in [-0.4, -0.2) is 115 Å². The lowest BCUT2D eigenvalue weighted by Crippen LogP contribution is -2.28. The van der Waals surface area contributed by atoms with E-state index in [0.717, 1.165) is 22.3 Å². The molecule has 472 valence electrons. The predicted octanol–water partition coefficient (Wildman–Crippen LogP) is 10.5. The Bertz CT molecular complexity index is 3820. The van der Waals surface area contributed by atoms with Gasteiger partial charge in [-0.25, -0.2) is 33.7 Å². The van der Waals surface area contributed by atoms with Gasteiger partial charge < -0.3 is 28.4 Å². The zero-order valence-electron chi connectivity index (χ0n) is 51.5. The molecular weight excluding hydrogens is 1230 g/mol. The van der Waals surface area contributed by atoms with Crippen molar-refractivity contribution in [3.05, 3.63) is 212 Å². The predicted molar refractivity (Wildman–Crippen MR) is 348 cm³/mol. The second kappa shape index (κ2) is 25.6. The summed E-state index contributed by atoms with van der Waals surface area (Å²) in [6.45, 7) is 7.80. The number of hydrogen-bond acceptors (Lipinski definition) is 14. The van der Waals surface area contributed by atoms with Crippen LogP contribution in [0.5, 0.6) is 23.0 Å². The van der Waals surface area contributed by atoms with Crippen LogP contribution >= 0.6 is 0 Å². The van der Waals surface area contributed by atoms with Gasteiger partial charge in [0.15, 0.2) is 0 Å². The Labute approximate surface area is 528 Å². The minimum absolute atomic E-state index is 0.000462. The summed E-state index contributed by atoms with van der Waals surface area (Å²) in [7, 11) is -11.1. The van der Waals surface area contributed by atoms with Gasteiger partial charge in [0.25, 0.3) is 40.1 Å². The van der Waals surface area contributed by atoms with Crippen LogP contribution in [0.1, 0.15) is 66.8 Å². The molecule has 22 heteroatoms. The minimum atomic E-state index is -4.25. The summed E-state index contributed by atoms with van der Waals surface area (Å²) in [6.07, 6.45) is -0.209. The molecule has 4 aliphatic heterocycles. The van der Waals surface area contributed by atoms with Crippen molar-refractivity contribution in [1.82, 2.24) is 0 Å². The highest BCUT2D eigenvalue weighted by Gasteiger charge is 2.33. The summed E-state index contributed by atoms with van der Waals surface area (Å²) in [6, 6.07) is 40.1. The first kappa shape index (κ1) is 63.4. The van der Waals surface area contributed by atoms with Crippen molar-refractivity contribution < 1.29 is 62.1 Å². The molecule has 1 aliphatic carbocycles. The first-order valence-electron chi connectivity index (χ1n) is 29.4. The molecule has 0 saturated heterocycles. The van der Waals surface area contributed by atoms with Crippen LogP contribution in [0.25, 0.3) is 0 Å². The standard InChI is InChI=1S/C68H72N4O14S4/c1-45-9-17-61(18-10-45)87(73,74)69(5)57-37-49-33-51-39-58(70(6)88(75,76)62-19-11-46(2)12-20-62)41-53-35-55-43-60(72(8)90(79,80)64-23-15-48(4)16-24-64)44-56-36-54-42-59(71(7)89(77,78)63-21-13-47(3)14-22-63)40-52(67(54)85-31-27-82-26-30-84-66(51)53)34-50(38-57)65(49)83-29-25-81-28-32-86-68(55)56/h9-24,37-44H,25-36H2,1-8H3. The van der Waals surface area contributed by atoms with Crippen LogP contribution in [0.15, 0.2) is 165 Å². The summed E-state index contributed by atoms with van der Waals surface area (Å²) in [4.78, 5) is 0.200. The Hall–Kier alpha value is -8.12. The van der Waals surface area contributed by atoms with Gasteiger partial charge in [0.1, 0.15) is 49.4 Å². The minimum Gasteiger partial charge on any atom is -0.491 e. The maximum absolute atomic E-state index is 14.9. The second-order valence-corrected chi connectivity index (χ2v) is 30.7. The SMILES string of the molecule is Cc1ccc(S(=O)(=O)N(C)c2cc3c4c(c2)Cc2cc(N(C)S(=O)(=O)c5ccc(C)cc5)cc5c2OCCOCCOc2c(cc(N(C)S(=O)(=O)c6ccc(C)cc6)cc2Cc2cc(N(C)S(=O)(=O)c6ccc(C)cc6)cc(c2OCCOCCO4)C5)C3)cc1. The third-order valence-corrected chi connectivity index (χ3v) is 23.7. The third-order valence-electron chi connectivity index (χ3n) is 16.5. The number of fused-ring (bicyclic) bond motifs is 12. The molecule has 0 aromatic heterocycles. The molecule has 0 spiro atoms. The van der Waals surface area contributed by atoms with E-state index >= 15 is 0 Å². The van der Waals surface area contributed by atoms with Gasteiger partial charge in [-0.3, -0.25) is 17.2 Å². The van der Waals surface area contributed by atoms with E-state index in [4.69, 9.17) is 28.4 Å². The molecule has 0 atom stereocenters. The van der Waals surface area contributed by atoms with Crippen molar-refractivity contribution in [1.29, 1.82) is 0 Å². The quantitative estimate of drug-likeness (QED) is 0.104. The fourth-order valence-electron chi connectivity index (χ4n) is 11.3. The number of anilines is 4. The molecular formula is C68H72N4O14S4. The molecule has 13 rings (SSSR count). The van der Waals surface area contributed by atoms with Gasteiger partial charge in [-0.15, -0.1) is 0 Å². The van der Waals surface area contributed by atoms with Gasteiger partial charge in [-0.2, -0.15) is 0 Å². The average Bonchev–Trinajstić information content (AvgIpc) is 0.876. The summed E-state index contributed by atoms with van der Waals surface area (Å²) in [5.41, 5.74) is 8.26. The van der Waals surface area contributed by atoms with Gasteiger partial charge in [0.05, 0.1) is 68.8 Å². The van der Waals surface area contributed by atoms with E-state index in [9.17, 15) is 33.7 Å². The lowest BCUT2D eigenvalue weighted by molar-refractivity contribution is 0.0744.